The fourth-order valence-electron chi connectivity index (χ4n) is 2.75. The Bertz CT molecular complexity index is 1080. The van der Waals surface area contributed by atoms with Gasteiger partial charge in [0.25, 0.3) is 0 Å². The molecule has 1 heterocycles. The maximum absolute atomic E-state index is 13.5. The molecular weight excluding hydrogens is 445 g/mol. The minimum Gasteiger partial charge on any atom is -0.418 e. The minimum absolute atomic E-state index is 0.256. The van der Waals surface area contributed by atoms with Crippen molar-refractivity contribution in [2.75, 3.05) is 5.32 Å². The summed E-state index contributed by atoms with van der Waals surface area (Å²) in [5, 5.41) is 12.3. The van der Waals surface area contributed by atoms with Gasteiger partial charge in [0.1, 0.15) is 11.9 Å². The van der Waals surface area contributed by atoms with Crippen molar-refractivity contribution in [2.45, 2.75) is 6.04 Å². The zero-order valence-corrected chi connectivity index (χ0v) is 16.8. The number of halogens is 3. The van der Waals surface area contributed by atoms with E-state index in [1.54, 1.807) is 24.3 Å². The van der Waals surface area contributed by atoms with Crippen molar-refractivity contribution in [3.63, 3.8) is 0 Å². The molecule has 0 spiro atoms. The SMILES string of the molecule is Fc1cccc(-c2nnc(C(Nc3ccc(Br)cc3)c3ccc(Cl)cc3)o2)c1. The summed E-state index contributed by atoms with van der Waals surface area (Å²) in [5.74, 6) is 0.259. The van der Waals surface area contributed by atoms with Crippen LogP contribution in [0.2, 0.25) is 5.02 Å². The van der Waals surface area contributed by atoms with E-state index in [2.05, 4.69) is 31.4 Å². The lowest BCUT2D eigenvalue weighted by Crippen LogP contribution is -2.12. The number of nitrogens with zero attached hydrogens (tertiary/aromatic N) is 2. The van der Waals surface area contributed by atoms with E-state index in [1.807, 2.05) is 36.4 Å². The first-order valence-corrected chi connectivity index (χ1v) is 9.62. The molecule has 0 saturated carbocycles. The average Bonchev–Trinajstić information content (AvgIpc) is 3.18. The van der Waals surface area contributed by atoms with Crippen molar-refractivity contribution < 1.29 is 8.81 Å². The van der Waals surface area contributed by atoms with Crippen LogP contribution in [-0.2, 0) is 0 Å². The molecule has 1 unspecified atom stereocenters. The van der Waals surface area contributed by atoms with Crippen LogP contribution in [0.5, 0.6) is 0 Å². The molecule has 7 heteroatoms. The molecule has 0 aliphatic heterocycles. The Labute approximate surface area is 174 Å². The summed E-state index contributed by atoms with van der Waals surface area (Å²) in [4.78, 5) is 0. The molecule has 0 saturated heterocycles. The molecule has 0 amide bonds. The molecule has 1 N–H and O–H groups in total. The predicted octanol–water partition coefficient (Wildman–Crippen LogP) is 6.49. The van der Waals surface area contributed by atoms with Crippen LogP contribution >= 0.6 is 27.5 Å². The highest BCUT2D eigenvalue weighted by molar-refractivity contribution is 9.10. The molecule has 0 aliphatic carbocycles. The molecule has 1 aromatic heterocycles. The number of rotatable bonds is 5. The normalized spacial score (nSPS) is 12.0. The van der Waals surface area contributed by atoms with Gasteiger partial charge in [-0.3, -0.25) is 0 Å². The van der Waals surface area contributed by atoms with Crippen LogP contribution in [0.25, 0.3) is 11.5 Å². The Hall–Kier alpha value is -2.70. The van der Waals surface area contributed by atoms with E-state index in [1.165, 1.54) is 12.1 Å². The monoisotopic (exact) mass is 457 g/mol. The quantitative estimate of drug-likeness (QED) is 0.371. The summed E-state index contributed by atoms with van der Waals surface area (Å²) in [5.41, 5.74) is 2.31. The number of hydrogen-bond acceptors (Lipinski definition) is 4. The fraction of sp³-hybridized carbons (Fsp3) is 0.0476. The summed E-state index contributed by atoms with van der Waals surface area (Å²) in [7, 11) is 0. The van der Waals surface area contributed by atoms with Gasteiger partial charge in [0.2, 0.25) is 11.8 Å². The van der Waals surface area contributed by atoms with Crippen molar-refractivity contribution in [3.8, 4) is 11.5 Å². The molecular formula is C21H14BrClFN3O. The third-order valence-electron chi connectivity index (χ3n) is 4.12. The Balaban J connectivity index is 1.70. The topological polar surface area (TPSA) is 51.0 Å². The van der Waals surface area contributed by atoms with E-state index in [0.717, 1.165) is 15.7 Å². The van der Waals surface area contributed by atoms with E-state index in [9.17, 15) is 4.39 Å². The number of hydrogen-bond donors (Lipinski definition) is 1. The molecule has 0 bridgehead atoms. The Morgan fingerprint density at radius 2 is 1.71 bits per heavy atom. The van der Waals surface area contributed by atoms with Gasteiger partial charge < -0.3 is 9.73 Å². The smallest absolute Gasteiger partial charge is 0.247 e. The standard InChI is InChI=1S/C21H14BrClFN3O/c22-15-6-10-18(11-7-15)25-19(13-4-8-16(23)9-5-13)21-27-26-20(28-21)14-2-1-3-17(24)12-14/h1-12,19,25H. The predicted molar refractivity (Wildman–Crippen MR) is 111 cm³/mol. The lowest BCUT2D eigenvalue weighted by atomic mass is 10.1. The van der Waals surface area contributed by atoms with Gasteiger partial charge in [-0.15, -0.1) is 10.2 Å². The van der Waals surface area contributed by atoms with Gasteiger partial charge in [-0.2, -0.15) is 0 Å². The average molecular weight is 459 g/mol. The summed E-state index contributed by atoms with van der Waals surface area (Å²) in [6, 6.07) is 20.8. The lowest BCUT2D eigenvalue weighted by Gasteiger charge is -2.17. The number of aromatic nitrogens is 2. The Kier molecular flexibility index (Phi) is 5.41. The van der Waals surface area contributed by atoms with Gasteiger partial charge in [-0.25, -0.2) is 4.39 Å². The third kappa shape index (κ3) is 4.24. The van der Waals surface area contributed by atoms with Crippen molar-refractivity contribution in [2.24, 2.45) is 0 Å². The Morgan fingerprint density at radius 1 is 0.964 bits per heavy atom. The van der Waals surface area contributed by atoms with Crippen LogP contribution in [0.3, 0.4) is 0 Å². The maximum Gasteiger partial charge on any atom is 0.247 e. The van der Waals surface area contributed by atoms with Crippen LogP contribution in [-0.4, -0.2) is 10.2 Å². The first-order chi connectivity index (χ1) is 13.6. The summed E-state index contributed by atoms with van der Waals surface area (Å²) in [6.07, 6.45) is 0. The van der Waals surface area contributed by atoms with Crippen molar-refractivity contribution in [1.82, 2.24) is 10.2 Å². The second-order valence-electron chi connectivity index (χ2n) is 6.09. The molecule has 4 aromatic rings. The first-order valence-electron chi connectivity index (χ1n) is 8.45. The third-order valence-corrected chi connectivity index (χ3v) is 4.90. The van der Waals surface area contributed by atoms with Gasteiger partial charge in [0.15, 0.2) is 0 Å². The van der Waals surface area contributed by atoms with Crippen LogP contribution in [0.4, 0.5) is 10.1 Å². The Morgan fingerprint density at radius 3 is 2.43 bits per heavy atom. The van der Waals surface area contributed by atoms with Gasteiger partial charge in [-0.05, 0) is 60.2 Å². The molecule has 0 aliphatic rings. The van der Waals surface area contributed by atoms with Crippen LogP contribution in [0.15, 0.2) is 81.7 Å². The van der Waals surface area contributed by atoms with Gasteiger partial charge in [-0.1, -0.05) is 45.7 Å². The largest absolute Gasteiger partial charge is 0.418 e. The van der Waals surface area contributed by atoms with Crippen molar-refractivity contribution >= 4 is 33.2 Å². The van der Waals surface area contributed by atoms with Gasteiger partial charge >= 0.3 is 0 Å². The van der Waals surface area contributed by atoms with Crippen molar-refractivity contribution in [1.29, 1.82) is 0 Å². The van der Waals surface area contributed by atoms with E-state index < -0.39 is 6.04 Å². The van der Waals surface area contributed by atoms with Crippen LogP contribution in [0.1, 0.15) is 17.5 Å². The van der Waals surface area contributed by atoms with Crippen molar-refractivity contribution in [3.05, 3.63) is 99.6 Å². The minimum atomic E-state index is -0.395. The maximum atomic E-state index is 13.5. The highest BCUT2D eigenvalue weighted by Crippen LogP contribution is 2.29. The van der Waals surface area contributed by atoms with Gasteiger partial charge in [0, 0.05) is 20.7 Å². The fourth-order valence-corrected chi connectivity index (χ4v) is 3.14. The molecule has 1 atom stereocenters. The summed E-state index contributed by atoms with van der Waals surface area (Å²) in [6.45, 7) is 0. The lowest BCUT2D eigenvalue weighted by molar-refractivity contribution is 0.493. The molecule has 4 nitrogen and oxygen atoms in total. The number of anilines is 1. The molecule has 28 heavy (non-hydrogen) atoms. The second kappa shape index (κ2) is 8.12. The zero-order chi connectivity index (χ0) is 19.5. The molecule has 0 radical (unpaired) electrons. The number of benzene rings is 3. The first kappa shape index (κ1) is 18.7. The molecule has 4 rings (SSSR count). The molecule has 0 fully saturated rings. The van der Waals surface area contributed by atoms with Gasteiger partial charge in [0.05, 0.1) is 0 Å². The summed E-state index contributed by atoms with van der Waals surface area (Å²) < 4.78 is 20.4. The molecule has 140 valence electrons. The van der Waals surface area contributed by atoms with E-state index in [0.29, 0.717) is 16.5 Å². The zero-order valence-electron chi connectivity index (χ0n) is 14.4. The van der Waals surface area contributed by atoms with Crippen LogP contribution in [0, 0.1) is 5.82 Å². The highest BCUT2D eigenvalue weighted by atomic mass is 79.9. The van der Waals surface area contributed by atoms with E-state index in [-0.39, 0.29) is 11.7 Å². The highest BCUT2D eigenvalue weighted by Gasteiger charge is 2.22. The van der Waals surface area contributed by atoms with Crippen LogP contribution < -0.4 is 5.32 Å². The molecule has 3 aromatic carbocycles. The summed E-state index contributed by atoms with van der Waals surface area (Å²) >= 11 is 9.46. The van der Waals surface area contributed by atoms with E-state index in [4.69, 9.17) is 16.0 Å². The number of nitrogens with one attached hydrogen (secondary N) is 1. The van der Waals surface area contributed by atoms with E-state index >= 15 is 0 Å². The second-order valence-corrected chi connectivity index (χ2v) is 7.44.